The highest BCUT2D eigenvalue weighted by molar-refractivity contribution is 7.58. The van der Waals surface area contributed by atoms with E-state index < -0.39 is 19.1 Å². The molecule has 1 amide bonds. The van der Waals surface area contributed by atoms with E-state index in [1.54, 1.807) is 6.92 Å². The van der Waals surface area contributed by atoms with E-state index in [-0.39, 0.29) is 12.2 Å². The van der Waals surface area contributed by atoms with Crippen molar-refractivity contribution in [2.75, 3.05) is 12.8 Å². The lowest BCUT2D eigenvalue weighted by Gasteiger charge is -2.33. The van der Waals surface area contributed by atoms with Crippen LogP contribution >= 0.6 is 7.37 Å². The summed E-state index contributed by atoms with van der Waals surface area (Å²) >= 11 is 0. The van der Waals surface area contributed by atoms with Gasteiger partial charge in [-0.15, -0.1) is 0 Å². The highest BCUT2D eigenvalue weighted by atomic mass is 31.2. The summed E-state index contributed by atoms with van der Waals surface area (Å²) in [7, 11) is -3.50. The van der Waals surface area contributed by atoms with Gasteiger partial charge in [-0.2, -0.15) is 0 Å². The molecule has 0 spiro atoms. The van der Waals surface area contributed by atoms with E-state index in [1.807, 2.05) is 0 Å². The molecular weight excluding hydrogens is 241 g/mol. The highest BCUT2D eigenvalue weighted by Crippen LogP contribution is 2.52. The van der Waals surface area contributed by atoms with Gasteiger partial charge < -0.3 is 14.9 Å². The van der Waals surface area contributed by atoms with Crippen molar-refractivity contribution >= 4 is 13.3 Å². The predicted molar refractivity (Wildman–Crippen MR) is 66.0 cm³/mol. The van der Waals surface area contributed by atoms with Crippen LogP contribution in [-0.4, -0.2) is 45.4 Å². The van der Waals surface area contributed by atoms with Crippen molar-refractivity contribution in [2.24, 2.45) is 0 Å². The molecule has 0 aromatic carbocycles. The summed E-state index contributed by atoms with van der Waals surface area (Å²) in [5, 5.41) is 9.79. The summed E-state index contributed by atoms with van der Waals surface area (Å²) in [6.45, 7) is 3.59. The highest BCUT2D eigenvalue weighted by Gasteiger charge is 2.39. The van der Waals surface area contributed by atoms with Crippen molar-refractivity contribution in [1.29, 1.82) is 0 Å². The summed E-state index contributed by atoms with van der Waals surface area (Å²) < 4.78 is 12.3. The molecule has 0 bridgehead atoms. The SMILES string of the molecule is CCN(CP(=O)(O)C1CCCCC1O)C(C)=O. The first-order valence-corrected chi connectivity index (χ1v) is 8.05. The lowest BCUT2D eigenvalue weighted by atomic mass is 9.97. The molecule has 1 aliphatic rings. The van der Waals surface area contributed by atoms with Crippen LogP contribution in [0, 0.1) is 0 Å². The van der Waals surface area contributed by atoms with Gasteiger partial charge in [0, 0.05) is 13.5 Å². The number of hydrogen-bond acceptors (Lipinski definition) is 3. The van der Waals surface area contributed by atoms with Crippen molar-refractivity contribution in [3.05, 3.63) is 0 Å². The number of aliphatic hydroxyl groups is 1. The molecule has 0 radical (unpaired) electrons. The Bertz CT molecular complexity index is 321. The summed E-state index contributed by atoms with van der Waals surface area (Å²) in [6, 6.07) is 0. The molecule has 100 valence electrons. The van der Waals surface area contributed by atoms with Crippen molar-refractivity contribution in [1.82, 2.24) is 4.90 Å². The van der Waals surface area contributed by atoms with Gasteiger partial charge in [-0.1, -0.05) is 12.8 Å². The van der Waals surface area contributed by atoms with Gasteiger partial charge in [0.25, 0.3) is 0 Å². The molecule has 0 aromatic heterocycles. The maximum atomic E-state index is 12.3. The minimum Gasteiger partial charge on any atom is -0.392 e. The second-order valence-electron chi connectivity index (χ2n) is 4.69. The third kappa shape index (κ3) is 3.80. The van der Waals surface area contributed by atoms with Crippen LogP contribution in [-0.2, 0) is 9.36 Å². The molecule has 17 heavy (non-hydrogen) atoms. The van der Waals surface area contributed by atoms with Crippen LogP contribution in [0.3, 0.4) is 0 Å². The number of carbonyl (C=O) groups excluding carboxylic acids is 1. The topological polar surface area (TPSA) is 77.8 Å². The first-order chi connectivity index (χ1) is 7.88. The fourth-order valence-corrected chi connectivity index (χ4v) is 4.71. The molecule has 6 heteroatoms. The van der Waals surface area contributed by atoms with Crippen LogP contribution < -0.4 is 0 Å². The Balaban J connectivity index is 2.72. The summed E-state index contributed by atoms with van der Waals surface area (Å²) in [5.74, 6) is -0.202. The Labute approximate surface area is 102 Å². The molecule has 3 unspecified atom stereocenters. The van der Waals surface area contributed by atoms with Gasteiger partial charge in [0.2, 0.25) is 13.3 Å². The number of aliphatic hydroxyl groups excluding tert-OH is 1. The zero-order valence-electron chi connectivity index (χ0n) is 10.5. The van der Waals surface area contributed by atoms with Crippen LogP contribution in [0.5, 0.6) is 0 Å². The fraction of sp³-hybridized carbons (Fsp3) is 0.909. The van der Waals surface area contributed by atoms with Crippen LogP contribution in [0.15, 0.2) is 0 Å². The Morgan fingerprint density at radius 1 is 1.41 bits per heavy atom. The normalized spacial score (nSPS) is 28.5. The smallest absolute Gasteiger partial charge is 0.224 e. The van der Waals surface area contributed by atoms with Crippen molar-refractivity contribution in [2.45, 2.75) is 51.3 Å². The molecule has 3 atom stereocenters. The van der Waals surface area contributed by atoms with E-state index in [2.05, 4.69) is 0 Å². The zero-order valence-corrected chi connectivity index (χ0v) is 11.4. The molecule has 0 saturated heterocycles. The van der Waals surface area contributed by atoms with Crippen LogP contribution in [0.2, 0.25) is 0 Å². The Kier molecular flexibility index (Phi) is 5.17. The third-order valence-electron chi connectivity index (χ3n) is 3.41. The predicted octanol–water partition coefficient (Wildman–Crippen LogP) is 1.39. The lowest BCUT2D eigenvalue weighted by Crippen LogP contribution is -2.36. The number of nitrogens with zero attached hydrogens (tertiary/aromatic N) is 1. The van der Waals surface area contributed by atoms with Crippen molar-refractivity contribution in [3.63, 3.8) is 0 Å². The second-order valence-corrected chi connectivity index (χ2v) is 7.15. The van der Waals surface area contributed by atoms with Gasteiger partial charge in [-0.05, 0) is 19.8 Å². The maximum absolute atomic E-state index is 12.3. The third-order valence-corrected chi connectivity index (χ3v) is 5.80. The first kappa shape index (κ1) is 14.7. The van der Waals surface area contributed by atoms with Gasteiger partial charge in [0.1, 0.15) is 0 Å². The molecule has 1 saturated carbocycles. The standard InChI is InChI=1S/C11H22NO4P/c1-3-12(9(2)13)8-17(15,16)11-7-5-4-6-10(11)14/h10-11,14H,3-8H2,1-2H3,(H,15,16). The fourth-order valence-electron chi connectivity index (χ4n) is 2.33. The Morgan fingerprint density at radius 3 is 2.47 bits per heavy atom. The van der Waals surface area contributed by atoms with E-state index in [1.165, 1.54) is 11.8 Å². The van der Waals surface area contributed by atoms with Gasteiger partial charge in [-0.3, -0.25) is 9.36 Å². The van der Waals surface area contributed by atoms with E-state index in [0.717, 1.165) is 12.8 Å². The first-order valence-electron chi connectivity index (χ1n) is 6.13. The number of rotatable bonds is 4. The molecule has 0 aliphatic heterocycles. The van der Waals surface area contributed by atoms with Crippen molar-refractivity contribution in [3.8, 4) is 0 Å². The van der Waals surface area contributed by atoms with Gasteiger partial charge in [0.05, 0.1) is 18.0 Å². The van der Waals surface area contributed by atoms with E-state index in [0.29, 0.717) is 19.4 Å². The van der Waals surface area contributed by atoms with E-state index in [4.69, 9.17) is 0 Å². The van der Waals surface area contributed by atoms with Gasteiger partial charge >= 0.3 is 0 Å². The zero-order chi connectivity index (χ0) is 13.1. The molecule has 1 rings (SSSR count). The largest absolute Gasteiger partial charge is 0.392 e. The van der Waals surface area contributed by atoms with Crippen molar-refractivity contribution < 1.29 is 19.4 Å². The molecular formula is C11H22NO4P. The monoisotopic (exact) mass is 263 g/mol. The maximum Gasteiger partial charge on any atom is 0.224 e. The molecule has 5 nitrogen and oxygen atoms in total. The van der Waals surface area contributed by atoms with Crippen LogP contribution in [0.25, 0.3) is 0 Å². The van der Waals surface area contributed by atoms with Gasteiger partial charge in [-0.25, -0.2) is 0 Å². The van der Waals surface area contributed by atoms with Crippen LogP contribution in [0.4, 0.5) is 0 Å². The lowest BCUT2D eigenvalue weighted by molar-refractivity contribution is -0.127. The summed E-state index contributed by atoms with van der Waals surface area (Å²) in [4.78, 5) is 22.7. The molecule has 1 aliphatic carbocycles. The van der Waals surface area contributed by atoms with Crippen LogP contribution in [0.1, 0.15) is 39.5 Å². The van der Waals surface area contributed by atoms with Gasteiger partial charge in [0.15, 0.2) is 0 Å². The molecule has 1 fully saturated rings. The summed E-state index contributed by atoms with van der Waals surface area (Å²) in [5.41, 5.74) is -0.565. The molecule has 0 heterocycles. The Morgan fingerprint density at radius 2 is 2.00 bits per heavy atom. The quantitative estimate of drug-likeness (QED) is 0.751. The summed E-state index contributed by atoms with van der Waals surface area (Å²) in [6.07, 6.45) is 2.09. The number of carbonyl (C=O) groups is 1. The average molecular weight is 263 g/mol. The molecule has 0 aromatic rings. The number of hydrogen-bond donors (Lipinski definition) is 2. The van der Waals surface area contributed by atoms with E-state index in [9.17, 15) is 19.4 Å². The Hall–Kier alpha value is -0.380. The molecule has 2 N–H and O–H groups in total. The minimum atomic E-state index is -3.50. The second kappa shape index (κ2) is 5.98. The average Bonchev–Trinajstić information content (AvgIpc) is 2.26. The van der Waals surface area contributed by atoms with E-state index >= 15 is 0 Å². The minimum absolute atomic E-state index is 0.138. The number of amides is 1.